The van der Waals surface area contributed by atoms with Gasteiger partial charge >= 0.3 is 174 Å². The first-order valence-electron chi connectivity index (χ1n) is 10.6. The summed E-state index contributed by atoms with van der Waals surface area (Å²) < 4.78 is 6.81. The molecule has 0 unspecified atom stereocenters. The van der Waals surface area contributed by atoms with E-state index in [2.05, 4.69) is 72.8 Å². The number of hydrogen-bond acceptors (Lipinski definition) is 2. The van der Waals surface area contributed by atoms with Crippen molar-refractivity contribution in [3.63, 3.8) is 0 Å². The van der Waals surface area contributed by atoms with Gasteiger partial charge in [-0.25, -0.2) is 0 Å². The zero-order valence-corrected chi connectivity index (χ0v) is 17.9. The van der Waals surface area contributed by atoms with Crippen molar-refractivity contribution < 1.29 is 9.32 Å². The molecule has 29 heavy (non-hydrogen) atoms. The Morgan fingerprint density at radius 3 is 1.41 bits per heavy atom. The zero-order chi connectivity index (χ0) is 20.2. The first kappa shape index (κ1) is 19.9. The van der Waals surface area contributed by atoms with Gasteiger partial charge in [-0.3, -0.25) is 0 Å². The molecule has 0 aromatic heterocycles. The van der Waals surface area contributed by atoms with Crippen molar-refractivity contribution in [2.75, 3.05) is 0 Å². The zero-order valence-electron chi connectivity index (χ0n) is 17.0. The van der Waals surface area contributed by atoms with Crippen LogP contribution in [-0.2, 0) is 9.32 Å². The van der Waals surface area contributed by atoms with Crippen LogP contribution in [0.15, 0.2) is 91.0 Å². The minimum atomic E-state index is -3.51. The van der Waals surface area contributed by atoms with Crippen molar-refractivity contribution in [2.24, 2.45) is 0 Å². The Morgan fingerprint density at radius 1 is 0.690 bits per heavy atom. The molecule has 3 aromatic carbocycles. The molecule has 0 radical (unpaired) electrons. The molecule has 3 aromatic rings. The van der Waals surface area contributed by atoms with E-state index in [0.717, 1.165) is 28.8 Å². The number of carbonyl (C=O) groups is 1. The average molecular weight is 404 g/mol. The van der Waals surface area contributed by atoms with E-state index in [9.17, 15) is 4.79 Å². The van der Waals surface area contributed by atoms with E-state index in [-0.39, 0.29) is 11.6 Å². The molecule has 1 aliphatic carbocycles. The van der Waals surface area contributed by atoms with Crippen molar-refractivity contribution >= 4 is 28.7 Å². The fourth-order valence-electron chi connectivity index (χ4n) is 5.33. The monoisotopic (exact) mass is 404 g/mol. The second kappa shape index (κ2) is 8.13. The summed E-state index contributed by atoms with van der Waals surface area (Å²) >= 11 is 0. The van der Waals surface area contributed by atoms with Gasteiger partial charge in [0.2, 0.25) is 0 Å². The molecule has 4 rings (SSSR count). The molecular weight excluding hydrogens is 375 g/mol. The minimum absolute atomic E-state index is 0.204. The van der Waals surface area contributed by atoms with Gasteiger partial charge in [0.25, 0.3) is 0 Å². The van der Waals surface area contributed by atoms with E-state index >= 15 is 0 Å². The van der Waals surface area contributed by atoms with Crippen molar-refractivity contribution in [3.8, 4) is 0 Å². The van der Waals surface area contributed by atoms with Gasteiger partial charge in [0.1, 0.15) is 0 Å². The van der Waals surface area contributed by atoms with Gasteiger partial charge in [0, 0.05) is 0 Å². The Balaban J connectivity index is 2.19. The van der Waals surface area contributed by atoms with Crippen LogP contribution in [0.1, 0.15) is 39.0 Å². The normalized spacial score (nSPS) is 16.5. The Labute approximate surface area is 173 Å². The first-order valence-corrected chi connectivity index (χ1v) is 12.8. The summed E-state index contributed by atoms with van der Waals surface area (Å²) in [4.78, 5) is 12.8. The van der Waals surface area contributed by atoms with Crippen LogP contribution in [0.5, 0.6) is 0 Å². The second-order valence-electron chi connectivity index (χ2n) is 7.98. The second-order valence-corrected chi connectivity index (χ2v) is 12.6. The topological polar surface area (TPSA) is 26.3 Å². The number of hydrogen-bond donors (Lipinski definition) is 0. The van der Waals surface area contributed by atoms with Crippen LogP contribution in [-0.4, -0.2) is 11.6 Å². The average Bonchev–Trinajstić information content (AvgIpc) is 2.80. The summed E-state index contributed by atoms with van der Waals surface area (Å²) in [5, 5.41) is 3.45. The molecule has 2 nitrogen and oxygen atoms in total. The maximum absolute atomic E-state index is 12.8. The van der Waals surface area contributed by atoms with Crippen molar-refractivity contribution in [1.82, 2.24) is 0 Å². The number of carbonyl (C=O) groups excluding carboxylic acids is 1. The fourth-order valence-corrected chi connectivity index (χ4v) is 12.1. The van der Waals surface area contributed by atoms with Gasteiger partial charge < -0.3 is 0 Å². The van der Waals surface area contributed by atoms with E-state index < -0.39 is 6.83 Å². The SMILES string of the molecule is CC(=O)OP(c1ccccc1)(c1ccccc1)(c1ccccc1)C1CCCCC1. The Kier molecular flexibility index (Phi) is 5.56. The first-order chi connectivity index (χ1) is 14.2. The molecule has 1 fully saturated rings. The molecule has 0 N–H and O–H groups in total. The third kappa shape index (κ3) is 3.11. The summed E-state index contributed by atoms with van der Waals surface area (Å²) in [6, 6.07) is 31.6. The van der Waals surface area contributed by atoms with Crippen LogP contribution >= 0.6 is 6.83 Å². The van der Waals surface area contributed by atoms with Crippen molar-refractivity contribution in [3.05, 3.63) is 91.0 Å². The van der Waals surface area contributed by atoms with E-state index in [1.54, 1.807) is 6.92 Å². The van der Waals surface area contributed by atoms with Crippen LogP contribution in [0.3, 0.4) is 0 Å². The molecule has 0 saturated heterocycles. The van der Waals surface area contributed by atoms with Crippen LogP contribution < -0.4 is 15.9 Å². The van der Waals surface area contributed by atoms with Crippen LogP contribution in [0, 0.1) is 0 Å². The third-order valence-corrected chi connectivity index (χ3v) is 12.9. The van der Waals surface area contributed by atoms with Crippen LogP contribution in [0.2, 0.25) is 0 Å². The molecule has 0 heterocycles. The van der Waals surface area contributed by atoms with Crippen molar-refractivity contribution in [1.29, 1.82) is 0 Å². The fraction of sp³-hybridized carbons (Fsp3) is 0.269. The molecule has 0 atom stereocenters. The Hall–Kier alpha value is -2.44. The van der Waals surface area contributed by atoms with E-state index in [4.69, 9.17) is 4.52 Å². The van der Waals surface area contributed by atoms with Gasteiger partial charge in [-0.15, -0.1) is 0 Å². The van der Waals surface area contributed by atoms with Crippen LogP contribution in [0.4, 0.5) is 0 Å². The van der Waals surface area contributed by atoms with Gasteiger partial charge in [0.15, 0.2) is 0 Å². The van der Waals surface area contributed by atoms with E-state index in [1.165, 1.54) is 19.3 Å². The summed E-state index contributed by atoms with van der Waals surface area (Å²) in [5.41, 5.74) is 0.283. The molecule has 0 amide bonds. The van der Waals surface area contributed by atoms with E-state index in [0.29, 0.717) is 0 Å². The number of benzene rings is 3. The van der Waals surface area contributed by atoms with Gasteiger partial charge in [-0.2, -0.15) is 0 Å². The molecule has 1 aliphatic rings. The molecule has 3 heteroatoms. The number of rotatable bonds is 5. The van der Waals surface area contributed by atoms with E-state index in [1.807, 2.05) is 18.2 Å². The molecule has 0 aliphatic heterocycles. The maximum atomic E-state index is 12.8. The molecular formula is C26H29O2P. The predicted molar refractivity (Wildman–Crippen MR) is 124 cm³/mol. The standard InChI is InChI=1S/C26H29O2P/c1-22(27)28-29(23-14-6-2-7-15-23,24-16-8-3-9-17-24,25-18-10-4-11-19-25)26-20-12-5-13-21-26/h2-4,6-11,14-19,26H,5,12-13,20-21H2,1H3. The summed E-state index contributed by atoms with van der Waals surface area (Å²) in [6.07, 6.45) is 5.75. The van der Waals surface area contributed by atoms with Crippen LogP contribution in [0.25, 0.3) is 0 Å². The summed E-state index contributed by atoms with van der Waals surface area (Å²) in [7, 11) is 0. The van der Waals surface area contributed by atoms with Gasteiger partial charge in [0.05, 0.1) is 0 Å². The van der Waals surface area contributed by atoms with Crippen molar-refractivity contribution in [2.45, 2.75) is 44.7 Å². The molecule has 1 saturated carbocycles. The summed E-state index contributed by atoms with van der Waals surface area (Å²) in [5.74, 6) is -0.204. The Bertz CT molecular complexity index is 848. The van der Waals surface area contributed by atoms with Gasteiger partial charge in [-0.1, -0.05) is 0 Å². The molecule has 150 valence electrons. The third-order valence-electron chi connectivity index (χ3n) is 6.40. The molecule has 0 bridgehead atoms. The quantitative estimate of drug-likeness (QED) is 0.538. The van der Waals surface area contributed by atoms with Gasteiger partial charge in [-0.05, 0) is 0 Å². The molecule has 0 spiro atoms. The predicted octanol–water partition coefficient (Wildman–Crippen LogP) is 5.33. The summed E-state index contributed by atoms with van der Waals surface area (Å²) in [6.45, 7) is -1.94. The Morgan fingerprint density at radius 2 is 1.07 bits per heavy atom.